The molecule has 0 amide bonds. The number of ether oxygens (including phenoxy) is 1. The average molecular weight is 261 g/mol. The maximum atomic E-state index is 5.81. The summed E-state index contributed by atoms with van der Waals surface area (Å²) in [5.41, 5.74) is 1.36. The predicted molar refractivity (Wildman–Crippen MR) is 80.5 cm³/mol. The van der Waals surface area contributed by atoms with Crippen LogP contribution in [0.4, 0.5) is 0 Å². The number of rotatable bonds is 5. The molecule has 1 aromatic rings. The molecule has 1 aromatic carbocycles. The Morgan fingerprint density at radius 3 is 2.63 bits per heavy atom. The highest BCUT2D eigenvalue weighted by Gasteiger charge is 2.31. The number of benzene rings is 1. The number of hydrogen-bond donors (Lipinski definition) is 1. The quantitative estimate of drug-likeness (QED) is 0.859. The molecule has 3 unspecified atom stereocenters. The van der Waals surface area contributed by atoms with E-state index in [0.717, 1.165) is 17.6 Å². The first-order valence-electron chi connectivity index (χ1n) is 7.55. The van der Waals surface area contributed by atoms with Crippen molar-refractivity contribution >= 4 is 0 Å². The minimum atomic E-state index is 0.230. The third-order valence-electron chi connectivity index (χ3n) is 4.26. The topological polar surface area (TPSA) is 21.3 Å². The Balaban J connectivity index is 2.18. The van der Waals surface area contributed by atoms with Crippen molar-refractivity contribution in [3.8, 4) is 5.75 Å². The van der Waals surface area contributed by atoms with E-state index in [0.29, 0.717) is 6.04 Å². The van der Waals surface area contributed by atoms with Gasteiger partial charge in [-0.15, -0.1) is 0 Å². The summed E-state index contributed by atoms with van der Waals surface area (Å²) in [5, 5.41) is 3.52. The van der Waals surface area contributed by atoms with Crippen LogP contribution in [0.2, 0.25) is 0 Å². The smallest absolute Gasteiger partial charge is 0.120 e. The average Bonchev–Trinajstić information content (AvgIpc) is 2.77. The van der Waals surface area contributed by atoms with Crippen molar-refractivity contribution in [3.63, 3.8) is 0 Å². The molecule has 0 aromatic heterocycles. The Labute approximate surface area is 117 Å². The standard InChI is InChI=1S/C17H27NO/c1-12(2)19-15-9-6-8-14(11-15)17(18-4)16-10-5-7-13(16)3/h6,8-9,11-13,16-18H,5,7,10H2,1-4H3. The molecule has 19 heavy (non-hydrogen) atoms. The van der Waals surface area contributed by atoms with Gasteiger partial charge in [0.25, 0.3) is 0 Å². The van der Waals surface area contributed by atoms with Crippen molar-refractivity contribution in [2.75, 3.05) is 7.05 Å². The van der Waals surface area contributed by atoms with E-state index in [1.165, 1.54) is 24.8 Å². The molecule has 0 spiro atoms. The minimum absolute atomic E-state index is 0.230. The second-order valence-electron chi connectivity index (χ2n) is 6.08. The Kier molecular flexibility index (Phi) is 4.87. The van der Waals surface area contributed by atoms with Gasteiger partial charge in [-0.3, -0.25) is 0 Å². The molecular formula is C17H27NO. The van der Waals surface area contributed by atoms with Crippen LogP contribution in [0.1, 0.15) is 51.6 Å². The maximum Gasteiger partial charge on any atom is 0.120 e. The van der Waals surface area contributed by atoms with Crippen LogP contribution in [0.15, 0.2) is 24.3 Å². The Morgan fingerprint density at radius 1 is 1.26 bits per heavy atom. The van der Waals surface area contributed by atoms with Crippen LogP contribution in [0.5, 0.6) is 5.75 Å². The minimum Gasteiger partial charge on any atom is -0.491 e. The molecule has 2 heteroatoms. The third kappa shape index (κ3) is 3.50. The lowest BCUT2D eigenvalue weighted by Crippen LogP contribution is -2.26. The van der Waals surface area contributed by atoms with E-state index in [2.05, 4.69) is 51.3 Å². The SMILES string of the molecule is CNC(c1cccc(OC(C)C)c1)C1CCCC1C. The van der Waals surface area contributed by atoms with E-state index in [1.807, 2.05) is 6.07 Å². The molecule has 0 aliphatic heterocycles. The van der Waals surface area contributed by atoms with E-state index in [4.69, 9.17) is 4.74 Å². The summed E-state index contributed by atoms with van der Waals surface area (Å²) in [6, 6.07) is 9.03. The molecule has 1 aliphatic carbocycles. The van der Waals surface area contributed by atoms with E-state index < -0.39 is 0 Å². The zero-order valence-corrected chi connectivity index (χ0v) is 12.6. The first-order chi connectivity index (χ1) is 9.11. The van der Waals surface area contributed by atoms with Crippen LogP contribution < -0.4 is 10.1 Å². The molecule has 0 heterocycles. The first kappa shape index (κ1) is 14.4. The van der Waals surface area contributed by atoms with Gasteiger partial charge in [0.05, 0.1) is 6.10 Å². The highest BCUT2D eigenvalue weighted by Crippen LogP contribution is 2.40. The zero-order chi connectivity index (χ0) is 13.8. The lowest BCUT2D eigenvalue weighted by atomic mass is 9.86. The molecular weight excluding hydrogens is 234 g/mol. The maximum absolute atomic E-state index is 5.81. The fourth-order valence-electron chi connectivity index (χ4n) is 3.35. The summed E-state index contributed by atoms with van der Waals surface area (Å²) in [6.45, 7) is 6.53. The van der Waals surface area contributed by atoms with Gasteiger partial charge in [-0.05, 0) is 56.8 Å². The Hall–Kier alpha value is -1.02. The summed E-state index contributed by atoms with van der Waals surface area (Å²) in [5.74, 6) is 2.55. The van der Waals surface area contributed by atoms with Crippen LogP contribution in [-0.4, -0.2) is 13.2 Å². The lowest BCUT2D eigenvalue weighted by molar-refractivity contribution is 0.241. The highest BCUT2D eigenvalue weighted by molar-refractivity contribution is 5.31. The van der Waals surface area contributed by atoms with Crippen molar-refractivity contribution in [2.24, 2.45) is 11.8 Å². The fraction of sp³-hybridized carbons (Fsp3) is 0.647. The van der Waals surface area contributed by atoms with Gasteiger partial charge in [0.15, 0.2) is 0 Å². The second kappa shape index (κ2) is 6.42. The lowest BCUT2D eigenvalue weighted by Gasteiger charge is -2.27. The van der Waals surface area contributed by atoms with Crippen molar-refractivity contribution in [1.29, 1.82) is 0 Å². The van der Waals surface area contributed by atoms with Crippen molar-refractivity contribution in [3.05, 3.63) is 29.8 Å². The summed E-state index contributed by atoms with van der Waals surface area (Å²) in [6.07, 6.45) is 4.30. The van der Waals surface area contributed by atoms with Crippen LogP contribution in [0, 0.1) is 11.8 Å². The van der Waals surface area contributed by atoms with E-state index in [9.17, 15) is 0 Å². The van der Waals surface area contributed by atoms with Gasteiger partial charge in [-0.1, -0.05) is 31.9 Å². The second-order valence-corrected chi connectivity index (χ2v) is 6.08. The summed E-state index contributed by atoms with van der Waals surface area (Å²) >= 11 is 0. The van der Waals surface area contributed by atoms with Gasteiger partial charge >= 0.3 is 0 Å². The van der Waals surface area contributed by atoms with Crippen molar-refractivity contribution in [2.45, 2.75) is 52.2 Å². The van der Waals surface area contributed by atoms with Gasteiger partial charge in [0.1, 0.15) is 5.75 Å². The largest absolute Gasteiger partial charge is 0.491 e. The first-order valence-corrected chi connectivity index (χ1v) is 7.55. The molecule has 0 bridgehead atoms. The molecule has 3 atom stereocenters. The van der Waals surface area contributed by atoms with Gasteiger partial charge in [0, 0.05) is 6.04 Å². The van der Waals surface area contributed by atoms with E-state index in [-0.39, 0.29) is 6.10 Å². The van der Waals surface area contributed by atoms with Crippen LogP contribution >= 0.6 is 0 Å². The van der Waals surface area contributed by atoms with Crippen LogP contribution in [-0.2, 0) is 0 Å². The van der Waals surface area contributed by atoms with Gasteiger partial charge in [-0.25, -0.2) is 0 Å². The fourth-order valence-corrected chi connectivity index (χ4v) is 3.35. The molecule has 0 radical (unpaired) electrons. The molecule has 1 saturated carbocycles. The van der Waals surface area contributed by atoms with Crippen molar-refractivity contribution < 1.29 is 4.74 Å². The van der Waals surface area contributed by atoms with Crippen LogP contribution in [0.3, 0.4) is 0 Å². The van der Waals surface area contributed by atoms with E-state index >= 15 is 0 Å². The highest BCUT2D eigenvalue weighted by atomic mass is 16.5. The molecule has 1 fully saturated rings. The monoisotopic (exact) mass is 261 g/mol. The third-order valence-corrected chi connectivity index (χ3v) is 4.26. The molecule has 2 rings (SSSR count). The molecule has 1 aliphatic rings. The van der Waals surface area contributed by atoms with Crippen LogP contribution in [0.25, 0.3) is 0 Å². The predicted octanol–water partition coefficient (Wildman–Crippen LogP) is 4.17. The Morgan fingerprint density at radius 2 is 2.05 bits per heavy atom. The van der Waals surface area contributed by atoms with Gasteiger partial charge in [-0.2, -0.15) is 0 Å². The normalized spacial score (nSPS) is 24.7. The Bertz CT molecular complexity index is 402. The summed E-state index contributed by atoms with van der Waals surface area (Å²) in [7, 11) is 2.08. The molecule has 0 saturated heterocycles. The van der Waals surface area contributed by atoms with Gasteiger partial charge in [0.2, 0.25) is 0 Å². The zero-order valence-electron chi connectivity index (χ0n) is 12.6. The summed E-state index contributed by atoms with van der Waals surface area (Å²) in [4.78, 5) is 0. The molecule has 2 nitrogen and oxygen atoms in total. The van der Waals surface area contributed by atoms with Crippen molar-refractivity contribution in [1.82, 2.24) is 5.32 Å². The molecule has 106 valence electrons. The number of nitrogens with one attached hydrogen (secondary N) is 1. The number of hydrogen-bond acceptors (Lipinski definition) is 2. The summed E-state index contributed by atoms with van der Waals surface area (Å²) < 4.78 is 5.81. The van der Waals surface area contributed by atoms with E-state index in [1.54, 1.807) is 0 Å². The molecule has 1 N–H and O–H groups in total. The van der Waals surface area contributed by atoms with Gasteiger partial charge < -0.3 is 10.1 Å².